The van der Waals surface area contributed by atoms with Gasteiger partial charge >= 0.3 is 5.91 Å². The zero-order chi connectivity index (χ0) is 15.0. The van der Waals surface area contributed by atoms with E-state index in [0.717, 1.165) is 5.01 Å². The third kappa shape index (κ3) is 2.25. The van der Waals surface area contributed by atoms with Gasteiger partial charge in [-0.2, -0.15) is 10.1 Å². The van der Waals surface area contributed by atoms with Gasteiger partial charge in [-0.25, -0.2) is 0 Å². The Hall–Kier alpha value is -2.40. The third-order valence-corrected chi connectivity index (χ3v) is 3.50. The van der Waals surface area contributed by atoms with Gasteiger partial charge in [0.2, 0.25) is 0 Å². The van der Waals surface area contributed by atoms with Crippen molar-refractivity contribution in [1.82, 2.24) is 5.01 Å². The molecule has 21 heavy (non-hydrogen) atoms. The summed E-state index contributed by atoms with van der Waals surface area (Å²) in [6.07, 6.45) is 0.280. The van der Waals surface area contributed by atoms with Gasteiger partial charge in [0.25, 0.3) is 0 Å². The molecule has 0 radical (unpaired) electrons. The highest BCUT2D eigenvalue weighted by Crippen LogP contribution is 2.36. The first kappa shape index (κ1) is 13.6. The van der Waals surface area contributed by atoms with Gasteiger partial charge in [-0.15, -0.1) is 0 Å². The summed E-state index contributed by atoms with van der Waals surface area (Å²) in [7, 11) is 0. The van der Waals surface area contributed by atoms with Crippen LogP contribution in [-0.2, 0) is 5.72 Å². The highest BCUT2D eigenvalue weighted by atomic mass is 16.4. The maximum Gasteiger partial charge on any atom is 0.312 e. The lowest BCUT2D eigenvalue weighted by molar-refractivity contribution is -0.0776. The molecule has 1 amide bonds. The first-order valence-electron chi connectivity index (χ1n) is 6.74. The number of aryl methyl sites for hydroxylation is 1. The molecule has 1 atom stereocenters. The number of hydrogen-bond donors (Lipinski definition) is 1. The average Bonchev–Trinajstić information content (AvgIpc) is 3.03. The Bertz CT molecular complexity index is 705. The van der Waals surface area contributed by atoms with Crippen LogP contribution >= 0.6 is 0 Å². The predicted molar refractivity (Wildman–Crippen MR) is 77.7 cm³/mol. The number of carbonyl (C=O) groups is 1. The monoisotopic (exact) mass is 284 g/mol. The number of aliphatic hydroxyl groups is 1. The minimum absolute atomic E-state index is 0.167. The van der Waals surface area contributed by atoms with Crippen molar-refractivity contribution in [2.45, 2.75) is 26.0 Å². The van der Waals surface area contributed by atoms with E-state index < -0.39 is 11.6 Å². The highest BCUT2D eigenvalue weighted by Gasteiger charge is 2.45. The molecular weight excluding hydrogens is 268 g/mol. The summed E-state index contributed by atoms with van der Waals surface area (Å²) in [4.78, 5) is 12.6. The highest BCUT2D eigenvalue weighted by molar-refractivity contribution is 5.96. The summed E-state index contributed by atoms with van der Waals surface area (Å²) >= 11 is 0. The van der Waals surface area contributed by atoms with Gasteiger partial charge in [0.1, 0.15) is 5.76 Å². The van der Waals surface area contributed by atoms with Crippen LogP contribution < -0.4 is 0 Å². The second kappa shape index (κ2) is 4.86. The standard InChI is InChI=1S/C16H16N2O3/c1-11-10-16(20,13-6-4-3-5-7-13)18(17-11)15(19)14-9-8-12(2)21-14/h3-9,20H,10H2,1-2H3/t16-/m0/s1. The maximum absolute atomic E-state index is 12.6. The van der Waals surface area contributed by atoms with Gasteiger partial charge in [0, 0.05) is 17.7 Å². The molecule has 5 nitrogen and oxygen atoms in total. The number of hydrazone groups is 1. The smallest absolute Gasteiger partial charge is 0.312 e. The molecule has 0 unspecified atom stereocenters. The van der Waals surface area contributed by atoms with Crippen LogP contribution in [0.15, 0.2) is 52.0 Å². The van der Waals surface area contributed by atoms with Crippen molar-refractivity contribution in [3.63, 3.8) is 0 Å². The quantitative estimate of drug-likeness (QED) is 0.922. The van der Waals surface area contributed by atoms with E-state index in [4.69, 9.17) is 4.42 Å². The van der Waals surface area contributed by atoms with Gasteiger partial charge in [-0.05, 0) is 26.0 Å². The molecule has 1 N–H and O–H groups in total. The number of rotatable bonds is 2. The molecule has 108 valence electrons. The van der Waals surface area contributed by atoms with E-state index in [1.54, 1.807) is 38.1 Å². The number of hydrogen-bond acceptors (Lipinski definition) is 4. The van der Waals surface area contributed by atoms with E-state index in [1.165, 1.54) is 0 Å². The summed E-state index contributed by atoms with van der Waals surface area (Å²) in [5, 5.41) is 16.3. The number of nitrogens with zero attached hydrogens (tertiary/aromatic N) is 2. The van der Waals surface area contributed by atoms with Crippen LogP contribution in [0, 0.1) is 6.92 Å². The summed E-state index contributed by atoms with van der Waals surface area (Å²) in [5.74, 6) is 0.355. The van der Waals surface area contributed by atoms with Crippen molar-refractivity contribution in [3.8, 4) is 0 Å². The molecule has 1 aliphatic rings. The fourth-order valence-corrected chi connectivity index (χ4v) is 2.52. The fraction of sp³-hybridized carbons (Fsp3) is 0.250. The van der Waals surface area contributed by atoms with Gasteiger partial charge in [-0.1, -0.05) is 30.3 Å². The molecule has 0 bridgehead atoms. The van der Waals surface area contributed by atoms with Crippen molar-refractivity contribution in [2.24, 2.45) is 5.10 Å². The topological polar surface area (TPSA) is 66.0 Å². The molecular formula is C16H16N2O3. The first-order valence-corrected chi connectivity index (χ1v) is 6.74. The predicted octanol–water partition coefficient (Wildman–Crippen LogP) is 2.66. The Balaban J connectivity index is 2.01. The Kier molecular flexibility index (Phi) is 3.14. The van der Waals surface area contributed by atoms with Crippen molar-refractivity contribution in [2.75, 3.05) is 0 Å². The van der Waals surface area contributed by atoms with E-state index in [9.17, 15) is 9.90 Å². The normalized spacial score (nSPS) is 21.5. The van der Waals surface area contributed by atoms with E-state index in [0.29, 0.717) is 17.0 Å². The lowest BCUT2D eigenvalue weighted by Crippen LogP contribution is -2.43. The van der Waals surface area contributed by atoms with Gasteiger partial charge in [-0.3, -0.25) is 4.79 Å². The van der Waals surface area contributed by atoms with Crippen LogP contribution in [0.4, 0.5) is 0 Å². The van der Waals surface area contributed by atoms with Crippen molar-refractivity contribution < 1.29 is 14.3 Å². The molecule has 0 fully saturated rings. The van der Waals surface area contributed by atoms with Crippen LogP contribution in [-0.4, -0.2) is 21.7 Å². The summed E-state index contributed by atoms with van der Waals surface area (Å²) in [6, 6.07) is 12.4. The summed E-state index contributed by atoms with van der Waals surface area (Å²) in [5.41, 5.74) is -0.149. The molecule has 0 aliphatic carbocycles. The van der Waals surface area contributed by atoms with Crippen molar-refractivity contribution in [3.05, 3.63) is 59.5 Å². The number of furan rings is 1. The Morgan fingerprint density at radius 3 is 2.57 bits per heavy atom. The van der Waals surface area contributed by atoms with E-state index >= 15 is 0 Å². The molecule has 1 aromatic carbocycles. The molecule has 2 aromatic rings. The summed E-state index contributed by atoms with van der Waals surface area (Å²) < 4.78 is 5.35. The van der Waals surface area contributed by atoms with Crippen LogP contribution in [0.3, 0.4) is 0 Å². The minimum Gasteiger partial charge on any atom is -0.456 e. The van der Waals surface area contributed by atoms with Crippen molar-refractivity contribution >= 4 is 11.6 Å². The van der Waals surface area contributed by atoms with Crippen molar-refractivity contribution in [1.29, 1.82) is 0 Å². The SMILES string of the molecule is CC1=NN(C(=O)c2ccc(C)o2)[C@@](O)(c2ccccc2)C1. The zero-order valence-corrected chi connectivity index (χ0v) is 11.9. The second-order valence-electron chi connectivity index (χ2n) is 5.22. The lowest BCUT2D eigenvalue weighted by Gasteiger charge is -2.30. The second-order valence-corrected chi connectivity index (χ2v) is 5.22. The Labute approximate surface area is 122 Å². The maximum atomic E-state index is 12.6. The molecule has 0 spiro atoms. The van der Waals surface area contributed by atoms with E-state index in [2.05, 4.69) is 5.10 Å². The molecule has 0 saturated heterocycles. The average molecular weight is 284 g/mol. The molecule has 1 aromatic heterocycles. The first-order chi connectivity index (χ1) is 10.0. The lowest BCUT2D eigenvalue weighted by atomic mass is 9.97. The van der Waals surface area contributed by atoms with E-state index in [1.807, 2.05) is 18.2 Å². The van der Waals surface area contributed by atoms with Gasteiger partial charge < -0.3 is 9.52 Å². The fourth-order valence-electron chi connectivity index (χ4n) is 2.52. The van der Waals surface area contributed by atoms with Crippen LogP contribution in [0.1, 0.15) is 35.2 Å². The van der Waals surface area contributed by atoms with Crippen LogP contribution in [0.5, 0.6) is 0 Å². The van der Waals surface area contributed by atoms with E-state index in [-0.39, 0.29) is 12.2 Å². The number of amides is 1. The molecule has 3 rings (SSSR count). The molecule has 1 aliphatic heterocycles. The molecule has 2 heterocycles. The van der Waals surface area contributed by atoms with Crippen LogP contribution in [0.25, 0.3) is 0 Å². The molecule has 0 saturated carbocycles. The van der Waals surface area contributed by atoms with Gasteiger partial charge in [0.15, 0.2) is 11.5 Å². The van der Waals surface area contributed by atoms with Crippen LogP contribution in [0.2, 0.25) is 0 Å². The third-order valence-electron chi connectivity index (χ3n) is 3.50. The number of carbonyl (C=O) groups excluding carboxylic acids is 1. The Morgan fingerprint density at radius 2 is 1.95 bits per heavy atom. The zero-order valence-electron chi connectivity index (χ0n) is 11.9. The van der Waals surface area contributed by atoms with Gasteiger partial charge in [0.05, 0.1) is 0 Å². The minimum atomic E-state index is -1.47. The summed E-state index contributed by atoms with van der Waals surface area (Å²) in [6.45, 7) is 3.55. The Morgan fingerprint density at radius 1 is 1.24 bits per heavy atom. The molecule has 5 heteroatoms. The largest absolute Gasteiger partial charge is 0.456 e. The number of benzene rings is 1.